The number of halogens is 1. The summed E-state index contributed by atoms with van der Waals surface area (Å²) >= 11 is 1.45. The Bertz CT molecular complexity index is 1250. The van der Waals surface area contributed by atoms with Crippen molar-refractivity contribution >= 4 is 17.2 Å². The quantitative estimate of drug-likeness (QED) is 0.422. The van der Waals surface area contributed by atoms with Gasteiger partial charge in [0, 0.05) is 30.4 Å². The third-order valence-electron chi connectivity index (χ3n) is 5.15. The van der Waals surface area contributed by atoms with Crippen LogP contribution in [-0.2, 0) is 18.3 Å². The Balaban J connectivity index is 1.51. The summed E-state index contributed by atoms with van der Waals surface area (Å²) in [5, 5.41) is 5.65. The second-order valence-electron chi connectivity index (χ2n) is 7.34. The topological polar surface area (TPSA) is 78.3 Å². The van der Waals surface area contributed by atoms with Crippen molar-refractivity contribution in [3.05, 3.63) is 83.1 Å². The molecule has 1 amide bonds. The van der Waals surface area contributed by atoms with Gasteiger partial charge in [0.15, 0.2) is 11.5 Å². The van der Waals surface area contributed by atoms with E-state index in [0.717, 1.165) is 16.1 Å². The number of carbonyl (C=O) groups excluding carboxylic acids is 1. The maximum Gasteiger partial charge on any atom is 0.226 e. The number of rotatable bonds is 8. The van der Waals surface area contributed by atoms with Crippen LogP contribution in [0.4, 0.5) is 4.39 Å². The zero-order valence-electron chi connectivity index (χ0n) is 18.4. The first-order valence-corrected chi connectivity index (χ1v) is 11.0. The van der Waals surface area contributed by atoms with Crippen molar-refractivity contribution in [3.8, 4) is 22.1 Å². The maximum absolute atomic E-state index is 13.4. The summed E-state index contributed by atoms with van der Waals surface area (Å²) in [7, 11) is 5.01. The Hall–Kier alpha value is -3.72. The van der Waals surface area contributed by atoms with E-state index in [4.69, 9.17) is 9.47 Å². The third kappa shape index (κ3) is 5.04. The summed E-state index contributed by atoms with van der Waals surface area (Å²) < 4.78 is 25.9. The summed E-state index contributed by atoms with van der Waals surface area (Å²) in [6, 6.07) is 11.1. The van der Waals surface area contributed by atoms with Crippen molar-refractivity contribution in [1.29, 1.82) is 0 Å². The molecule has 4 aromatic rings. The van der Waals surface area contributed by atoms with E-state index in [1.807, 2.05) is 35.2 Å². The zero-order valence-corrected chi connectivity index (χ0v) is 19.2. The molecule has 0 aliphatic heterocycles. The predicted molar refractivity (Wildman–Crippen MR) is 124 cm³/mol. The van der Waals surface area contributed by atoms with Gasteiger partial charge in [-0.15, -0.1) is 11.3 Å². The molecule has 0 bridgehead atoms. The molecule has 4 rings (SSSR count). The van der Waals surface area contributed by atoms with Crippen molar-refractivity contribution in [1.82, 2.24) is 19.9 Å². The monoisotopic (exact) mass is 466 g/mol. The van der Waals surface area contributed by atoms with Gasteiger partial charge >= 0.3 is 0 Å². The predicted octanol–water partition coefficient (Wildman–Crippen LogP) is 4.15. The molecule has 7 nitrogen and oxygen atoms in total. The minimum atomic E-state index is -0.512. The van der Waals surface area contributed by atoms with Crippen molar-refractivity contribution < 1.29 is 18.7 Å². The van der Waals surface area contributed by atoms with Crippen LogP contribution in [0.2, 0.25) is 0 Å². The number of imidazole rings is 1. The number of ether oxygens (including phenoxy) is 2. The van der Waals surface area contributed by atoms with Gasteiger partial charge in [-0.05, 0) is 35.9 Å². The van der Waals surface area contributed by atoms with E-state index >= 15 is 0 Å². The Labute approximate surface area is 194 Å². The van der Waals surface area contributed by atoms with E-state index in [2.05, 4.69) is 15.3 Å². The van der Waals surface area contributed by atoms with Crippen LogP contribution >= 0.6 is 11.3 Å². The van der Waals surface area contributed by atoms with Crippen molar-refractivity contribution in [3.63, 3.8) is 0 Å². The van der Waals surface area contributed by atoms with E-state index in [0.29, 0.717) is 23.0 Å². The first-order valence-electron chi connectivity index (χ1n) is 10.2. The van der Waals surface area contributed by atoms with Gasteiger partial charge in [-0.25, -0.2) is 14.4 Å². The van der Waals surface area contributed by atoms with Gasteiger partial charge in [0.25, 0.3) is 0 Å². The minimum absolute atomic E-state index is 0.103. The molecule has 2 aromatic carbocycles. The molecule has 170 valence electrons. The molecular formula is C24H23FN4O3S. The van der Waals surface area contributed by atoms with Gasteiger partial charge in [0.1, 0.15) is 22.7 Å². The molecule has 1 N–H and O–H groups in total. The van der Waals surface area contributed by atoms with Crippen LogP contribution in [0.3, 0.4) is 0 Å². The molecule has 0 aliphatic carbocycles. The summed E-state index contributed by atoms with van der Waals surface area (Å²) in [6.45, 7) is 0. The van der Waals surface area contributed by atoms with Gasteiger partial charge in [0.05, 0.1) is 26.3 Å². The molecule has 33 heavy (non-hydrogen) atoms. The first-order chi connectivity index (χ1) is 16.0. The number of benzene rings is 2. The van der Waals surface area contributed by atoms with Crippen molar-refractivity contribution in [2.45, 2.75) is 12.5 Å². The van der Waals surface area contributed by atoms with Crippen molar-refractivity contribution in [2.24, 2.45) is 7.05 Å². The average Bonchev–Trinajstić information content (AvgIpc) is 3.46. The highest BCUT2D eigenvalue weighted by Gasteiger charge is 2.21. The van der Waals surface area contributed by atoms with Gasteiger partial charge in [-0.3, -0.25) is 4.79 Å². The standard InChI is InChI=1S/C24H23FN4O3S/c1-29-11-10-26-23(29)22(15-4-7-17(25)8-5-15)28-21(30)13-18-14-33-24(27-18)16-6-9-19(31-2)20(12-16)32-3/h4-12,14,22H,13H2,1-3H3,(H,28,30). The second-order valence-corrected chi connectivity index (χ2v) is 8.20. The highest BCUT2D eigenvalue weighted by molar-refractivity contribution is 7.13. The number of aromatic nitrogens is 3. The summed E-state index contributed by atoms with van der Waals surface area (Å²) in [5.41, 5.74) is 2.27. The molecule has 1 atom stereocenters. The molecule has 0 saturated heterocycles. The Kier molecular flexibility index (Phi) is 6.69. The van der Waals surface area contributed by atoms with Gasteiger partial charge < -0.3 is 19.4 Å². The summed E-state index contributed by atoms with van der Waals surface area (Å²) in [6.07, 6.45) is 3.56. The largest absolute Gasteiger partial charge is 0.493 e. The molecular weight excluding hydrogens is 443 g/mol. The Morgan fingerprint density at radius 3 is 2.58 bits per heavy atom. The van der Waals surface area contributed by atoms with E-state index < -0.39 is 6.04 Å². The van der Waals surface area contributed by atoms with Crippen LogP contribution in [-0.4, -0.2) is 34.7 Å². The number of nitrogens with one attached hydrogen (secondary N) is 1. The van der Waals surface area contributed by atoms with Crippen LogP contribution in [0.5, 0.6) is 11.5 Å². The summed E-state index contributed by atoms with van der Waals surface area (Å²) in [5.74, 6) is 1.35. The van der Waals surface area contributed by atoms with E-state index in [1.54, 1.807) is 38.7 Å². The number of amides is 1. The van der Waals surface area contributed by atoms with Crippen LogP contribution in [0.1, 0.15) is 23.1 Å². The Morgan fingerprint density at radius 2 is 1.91 bits per heavy atom. The molecule has 2 heterocycles. The number of hydrogen-bond donors (Lipinski definition) is 1. The van der Waals surface area contributed by atoms with E-state index in [9.17, 15) is 9.18 Å². The van der Waals surface area contributed by atoms with Crippen molar-refractivity contribution in [2.75, 3.05) is 14.2 Å². The van der Waals surface area contributed by atoms with Crippen LogP contribution in [0.25, 0.3) is 10.6 Å². The Morgan fingerprint density at radius 1 is 1.15 bits per heavy atom. The lowest BCUT2D eigenvalue weighted by atomic mass is 10.1. The fourth-order valence-corrected chi connectivity index (χ4v) is 4.29. The van der Waals surface area contributed by atoms with Crippen LogP contribution in [0, 0.1) is 5.82 Å². The molecule has 0 saturated carbocycles. The highest BCUT2D eigenvalue weighted by atomic mass is 32.1. The number of aryl methyl sites for hydroxylation is 1. The fraction of sp³-hybridized carbons (Fsp3) is 0.208. The number of thiazole rings is 1. The van der Waals surface area contributed by atoms with Gasteiger partial charge in [0.2, 0.25) is 5.91 Å². The SMILES string of the molecule is COc1ccc(-c2nc(CC(=O)NC(c3ccc(F)cc3)c3nccn3C)cs2)cc1OC. The molecule has 2 aromatic heterocycles. The molecule has 0 aliphatic rings. The normalized spacial score (nSPS) is 11.8. The summed E-state index contributed by atoms with van der Waals surface area (Å²) in [4.78, 5) is 21.9. The smallest absolute Gasteiger partial charge is 0.226 e. The van der Waals surface area contributed by atoms with Gasteiger partial charge in [-0.1, -0.05) is 12.1 Å². The number of hydrogen-bond acceptors (Lipinski definition) is 6. The van der Waals surface area contributed by atoms with E-state index in [-0.39, 0.29) is 18.1 Å². The average molecular weight is 467 g/mol. The molecule has 9 heteroatoms. The van der Waals surface area contributed by atoms with Crippen LogP contribution in [0.15, 0.2) is 60.2 Å². The number of carbonyl (C=O) groups is 1. The molecule has 0 fully saturated rings. The molecule has 0 spiro atoms. The van der Waals surface area contributed by atoms with E-state index in [1.165, 1.54) is 23.5 Å². The third-order valence-corrected chi connectivity index (χ3v) is 6.09. The minimum Gasteiger partial charge on any atom is -0.493 e. The highest BCUT2D eigenvalue weighted by Crippen LogP contribution is 2.33. The maximum atomic E-state index is 13.4. The lowest BCUT2D eigenvalue weighted by Crippen LogP contribution is -2.32. The number of nitrogens with zero attached hydrogens (tertiary/aromatic N) is 3. The van der Waals surface area contributed by atoms with Crippen LogP contribution < -0.4 is 14.8 Å². The second kappa shape index (κ2) is 9.83. The molecule has 1 unspecified atom stereocenters. The lowest BCUT2D eigenvalue weighted by Gasteiger charge is -2.19. The first kappa shape index (κ1) is 22.5. The number of methoxy groups -OCH3 is 2. The molecule has 0 radical (unpaired) electrons. The zero-order chi connectivity index (χ0) is 23.4. The van der Waals surface area contributed by atoms with Gasteiger partial charge in [-0.2, -0.15) is 0 Å². The lowest BCUT2D eigenvalue weighted by molar-refractivity contribution is -0.121. The fourth-order valence-electron chi connectivity index (χ4n) is 3.47.